The molecule has 2 N–H and O–H groups in total. The van der Waals surface area contributed by atoms with Crippen LogP contribution in [0.5, 0.6) is 0 Å². The summed E-state index contributed by atoms with van der Waals surface area (Å²) in [7, 11) is 0.817. The van der Waals surface area contributed by atoms with Crippen LogP contribution in [-0.2, 0) is 9.53 Å². The first-order valence-electron chi connectivity index (χ1n) is 6.11. The molecule has 0 aromatic rings. The highest BCUT2D eigenvalue weighted by Gasteiger charge is 2.16. The summed E-state index contributed by atoms with van der Waals surface area (Å²) in [5.74, 6) is -5.08. The molecule has 9 heavy (non-hydrogen) atoms. The summed E-state index contributed by atoms with van der Waals surface area (Å²) in [6, 6.07) is -3.24. The lowest BCUT2D eigenvalue weighted by Gasteiger charge is -2.11. The van der Waals surface area contributed by atoms with Crippen LogP contribution in [0.4, 0.5) is 0 Å². The van der Waals surface area contributed by atoms with E-state index in [-0.39, 0.29) is 0 Å². The molecule has 0 aliphatic carbocycles. The fourth-order valence-corrected chi connectivity index (χ4v) is 0.212. The number of nitrogens with two attached hydrogens (primary N) is 1. The van der Waals surface area contributed by atoms with Gasteiger partial charge in [0, 0.05) is 9.60 Å². The molecule has 0 aliphatic rings. The summed E-state index contributed by atoms with van der Waals surface area (Å²) in [5, 5.41) is 0. The van der Waals surface area contributed by atoms with Crippen molar-refractivity contribution in [3.05, 3.63) is 0 Å². The Hall–Kier alpha value is -0.570. The van der Waals surface area contributed by atoms with Crippen molar-refractivity contribution in [1.29, 1.82) is 0 Å². The van der Waals surface area contributed by atoms with Gasteiger partial charge < -0.3 is 10.5 Å². The Morgan fingerprint density at radius 3 is 2.78 bits per heavy atom. The molecule has 3 nitrogen and oxygen atoms in total. The molecule has 0 saturated heterocycles. The van der Waals surface area contributed by atoms with Gasteiger partial charge in [0.05, 0.1) is 8.48 Å². The molecule has 0 amide bonds. The van der Waals surface area contributed by atoms with Crippen LogP contribution in [0.3, 0.4) is 0 Å². The van der Waals surface area contributed by atoms with E-state index in [9.17, 15) is 4.79 Å². The van der Waals surface area contributed by atoms with Crippen molar-refractivity contribution in [2.45, 2.75) is 19.7 Å². The van der Waals surface area contributed by atoms with Gasteiger partial charge in [0.15, 0.2) is 0 Å². The summed E-state index contributed by atoms with van der Waals surface area (Å²) in [6.45, 7) is -6.91. The van der Waals surface area contributed by atoms with Crippen molar-refractivity contribution in [3.8, 4) is 0 Å². The molecule has 0 bridgehead atoms. The molecule has 0 heterocycles. The Morgan fingerprint density at radius 2 is 2.44 bits per heavy atom. The number of hydrogen-bond donors (Lipinski definition) is 1. The first kappa shape index (κ1) is 1.95. The number of rotatable bonds is 2. The van der Waals surface area contributed by atoms with E-state index in [0.717, 1.165) is 7.11 Å². The van der Waals surface area contributed by atoms with Gasteiger partial charge in [-0.1, -0.05) is 13.7 Å². The number of carbonyl (C=O) groups excluding carboxylic acids is 1. The molecule has 0 unspecified atom stereocenters. The molecule has 0 spiro atoms. The van der Waals surface area contributed by atoms with Crippen LogP contribution in [0.2, 0.25) is 0 Å². The van der Waals surface area contributed by atoms with E-state index in [1.165, 1.54) is 0 Å². The lowest BCUT2D eigenvalue weighted by Crippen LogP contribution is -2.36. The van der Waals surface area contributed by atoms with Crippen LogP contribution in [-0.4, -0.2) is 19.1 Å². The normalized spacial score (nSPS) is 34.0. The summed E-state index contributed by atoms with van der Waals surface area (Å²) < 4.78 is 61.3. The van der Waals surface area contributed by atoms with Gasteiger partial charge in [-0.15, -0.1) is 0 Å². The quantitative estimate of drug-likeness (QED) is 0.554. The van der Waals surface area contributed by atoms with Crippen molar-refractivity contribution in [2.24, 2.45) is 11.6 Å². The third kappa shape index (κ3) is 2.46. The van der Waals surface area contributed by atoms with Gasteiger partial charge in [-0.05, 0) is 5.89 Å². The Balaban J connectivity index is 5.93. The van der Waals surface area contributed by atoms with Gasteiger partial charge in [-0.2, -0.15) is 0 Å². The van der Waals surface area contributed by atoms with Crippen LogP contribution in [0, 0.1) is 5.89 Å². The average molecular weight is 139 g/mol. The van der Waals surface area contributed by atoms with Crippen LogP contribution >= 0.6 is 0 Å². The Labute approximate surface area is 66.4 Å². The zero-order valence-corrected chi connectivity index (χ0v) is 4.89. The Kier molecular flexibility index (Phi) is 0.750. The first-order valence-corrected chi connectivity index (χ1v) is 2.11. The van der Waals surface area contributed by atoms with Gasteiger partial charge in [0.1, 0.15) is 6.02 Å². The van der Waals surface area contributed by atoms with Crippen molar-refractivity contribution in [1.82, 2.24) is 0 Å². The number of carbonyl (C=O) groups is 1. The molecule has 0 radical (unpaired) electrons. The Morgan fingerprint density at radius 1 is 1.89 bits per heavy atom. The highest BCUT2D eigenvalue weighted by molar-refractivity contribution is 5.75. The fraction of sp³-hybridized carbons (Fsp3) is 0.833. The maximum absolute atomic E-state index is 11.2. The average Bonchev–Trinajstić information content (AvgIpc) is 2.11. The predicted molar refractivity (Wildman–Crippen MR) is 34.8 cm³/mol. The minimum Gasteiger partial charge on any atom is -0.468 e. The molecule has 0 aromatic heterocycles. The third-order valence-electron chi connectivity index (χ3n) is 0.675. The minimum atomic E-state index is -3.49. The molecule has 54 valence electrons. The van der Waals surface area contributed by atoms with E-state index >= 15 is 0 Å². The topological polar surface area (TPSA) is 52.3 Å². The zero-order chi connectivity index (χ0) is 14.3. The van der Waals surface area contributed by atoms with Gasteiger partial charge in [-0.25, -0.2) is 0 Å². The highest BCUT2D eigenvalue weighted by Crippen LogP contribution is 1.98. The van der Waals surface area contributed by atoms with Gasteiger partial charge in [0.2, 0.25) is 0 Å². The van der Waals surface area contributed by atoms with Gasteiger partial charge in [-0.3, -0.25) is 4.79 Å². The Bertz CT molecular complexity index is 292. The predicted octanol–water partition coefficient (Wildman–Crippen LogP) is 0.143. The summed E-state index contributed by atoms with van der Waals surface area (Å²) >= 11 is 0. The second-order valence-electron chi connectivity index (χ2n) is 1.28. The minimum absolute atomic E-state index is 0.817. The maximum atomic E-state index is 11.2. The molecule has 0 rings (SSSR count). The summed E-state index contributed by atoms with van der Waals surface area (Å²) in [4.78, 5) is 11.2. The second-order valence-corrected chi connectivity index (χ2v) is 1.28. The van der Waals surface area contributed by atoms with Crippen LogP contribution < -0.4 is 5.73 Å². The largest absolute Gasteiger partial charge is 0.468 e. The molecule has 1 atom stereocenters. The van der Waals surface area contributed by atoms with Crippen LogP contribution in [0.15, 0.2) is 0 Å². The standard InChI is InChI=1S/C6H13NO2/c1-4(2)5(7)6(8)9-3/h4-5H,7H2,1-3H3/t5-/m0/s1/i1D3,2D3,4D,5D. The van der Waals surface area contributed by atoms with Crippen molar-refractivity contribution >= 4 is 5.97 Å². The van der Waals surface area contributed by atoms with E-state index in [1.807, 2.05) is 0 Å². The molecule has 0 fully saturated rings. The number of methoxy groups -OCH3 is 1. The van der Waals surface area contributed by atoms with Crippen molar-refractivity contribution < 1.29 is 20.5 Å². The highest BCUT2D eigenvalue weighted by atomic mass is 16.5. The maximum Gasteiger partial charge on any atom is 0.322 e. The van der Waals surface area contributed by atoms with Crippen LogP contribution in [0.25, 0.3) is 0 Å². The van der Waals surface area contributed by atoms with E-state index in [1.54, 1.807) is 0 Å². The molecular formula is C6H13NO2. The van der Waals surface area contributed by atoms with Crippen molar-refractivity contribution in [3.63, 3.8) is 0 Å². The molecule has 0 aliphatic heterocycles. The first-order chi connectivity index (χ1) is 7.23. The zero-order valence-electron chi connectivity index (χ0n) is 12.9. The molecule has 0 saturated carbocycles. The monoisotopic (exact) mass is 139 g/mol. The number of ether oxygens (including phenoxy) is 1. The molecular weight excluding hydrogens is 118 g/mol. The lowest BCUT2D eigenvalue weighted by atomic mass is 10.1. The van der Waals surface area contributed by atoms with Crippen LogP contribution in [0.1, 0.15) is 24.7 Å². The summed E-state index contributed by atoms with van der Waals surface area (Å²) in [5.41, 5.74) is 5.11. The molecule has 0 aromatic carbocycles. The third-order valence-corrected chi connectivity index (χ3v) is 0.675. The lowest BCUT2D eigenvalue weighted by molar-refractivity contribution is -0.143. The van der Waals surface area contributed by atoms with E-state index in [4.69, 9.17) is 16.7 Å². The van der Waals surface area contributed by atoms with E-state index in [0.29, 0.717) is 0 Å². The second kappa shape index (κ2) is 3.45. The SMILES string of the molecule is [2H]C([2H])([2H])C([2H])(C([2H])([2H])[2H])[C@]([2H])(N)C(=O)OC. The number of esters is 1. The van der Waals surface area contributed by atoms with Gasteiger partial charge in [0.25, 0.3) is 0 Å². The van der Waals surface area contributed by atoms with Crippen molar-refractivity contribution in [2.75, 3.05) is 7.11 Å². The number of hydrogen-bond acceptors (Lipinski definition) is 3. The summed E-state index contributed by atoms with van der Waals surface area (Å²) in [6.07, 6.45) is 0. The fourth-order valence-electron chi connectivity index (χ4n) is 0.212. The smallest absolute Gasteiger partial charge is 0.322 e. The van der Waals surface area contributed by atoms with Gasteiger partial charge >= 0.3 is 5.97 Å². The van der Waals surface area contributed by atoms with E-state index < -0.39 is 31.6 Å². The van der Waals surface area contributed by atoms with E-state index in [2.05, 4.69) is 4.74 Å². The molecule has 3 heteroatoms.